The zero-order chi connectivity index (χ0) is 13.9. The van der Waals surface area contributed by atoms with E-state index < -0.39 is 0 Å². The summed E-state index contributed by atoms with van der Waals surface area (Å²) in [5.74, 6) is -0.0942. The summed E-state index contributed by atoms with van der Waals surface area (Å²) >= 11 is 0. The van der Waals surface area contributed by atoms with Crippen molar-refractivity contribution < 1.29 is 19.4 Å². The number of aliphatic hydroxyl groups excluding tert-OH is 1. The first-order valence-corrected chi connectivity index (χ1v) is 6.40. The molecule has 0 aliphatic rings. The number of nitrogens with zero attached hydrogens (tertiary/aromatic N) is 1. The molecule has 6 heteroatoms. The molecule has 0 saturated carbocycles. The van der Waals surface area contributed by atoms with Crippen LogP contribution in [0.4, 0.5) is 0 Å². The van der Waals surface area contributed by atoms with Gasteiger partial charge in [0.15, 0.2) is 0 Å². The van der Waals surface area contributed by atoms with Crippen molar-refractivity contribution in [3.05, 3.63) is 24.0 Å². The number of aromatic nitrogens is 1. The van der Waals surface area contributed by atoms with Crippen LogP contribution in [0.3, 0.4) is 0 Å². The number of aliphatic hydroxyl groups is 1. The average molecular weight is 270 g/mol. The Kier molecular flexibility index (Phi) is 7.88. The molecular weight excluding hydrogens is 248 g/mol. The van der Waals surface area contributed by atoms with E-state index in [4.69, 9.17) is 14.6 Å². The second kappa shape index (κ2) is 9.55. The Balaban J connectivity index is 2.27. The van der Waals surface area contributed by atoms with Crippen molar-refractivity contribution in [3.8, 4) is 0 Å². The summed E-state index contributed by atoms with van der Waals surface area (Å²) < 4.78 is 12.0. The van der Waals surface area contributed by atoms with Crippen molar-refractivity contribution in [2.45, 2.75) is 13.0 Å². The zero-order valence-corrected chi connectivity index (χ0v) is 11.3. The van der Waals surface area contributed by atoms with Crippen LogP contribution in [0, 0.1) is 0 Å². The molecule has 6 nitrogen and oxygen atoms in total. The summed E-state index contributed by atoms with van der Waals surface area (Å²) in [6.45, 7) is 2.69. The van der Waals surface area contributed by atoms with E-state index in [1.54, 1.807) is 13.2 Å². The van der Waals surface area contributed by atoms with Crippen molar-refractivity contribution in [3.63, 3.8) is 0 Å². The third-order valence-corrected chi connectivity index (χ3v) is 2.59. The van der Waals surface area contributed by atoms with E-state index in [1.165, 1.54) is 0 Å². The molecule has 0 aromatic carbocycles. The Labute approximate surface area is 113 Å². The molecule has 0 unspecified atom stereocenters. The van der Waals surface area contributed by atoms with Gasteiger partial charge in [0.05, 0.1) is 19.8 Å². The predicted molar refractivity (Wildman–Crippen MR) is 71.2 cm³/mol. The molecule has 0 spiro atoms. The van der Waals surface area contributed by atoms with Crippen LogP contribution in [-0.4, -0.2) is 55.7 Å². The predicted octanol–water partition coefficient (Wildman–Crippen LogP) is 0.263. The molecule has 0 bridgehead atoms. The van der Waals surface area contributed by atoms with Crippen molar-refractivity contribution in [2.75, 3.05) is 40.1 Å². The number of methoxy groups -OCH3 is 1. The van der Waals surface area contributed by atoms with Gasteiger partial charge in [-0.05, 0) is 18.6 Å². The number of carbonyl (C=O) groups excluding carboxylic acids is 1. The molecule has 1 rings (SSSR count). The lowest BCUT2D eigenvalue weighted by atomic mass is 10.3. The van der Waals surface area contributed by atoms with Gasteiger partial charge < -0.3 is 24.5 Å². The van der Waals surface area contributed by atoms with E-state index in [1.807, 2.05) is 16.8 Å². The largest absolute Gasteiger partial charge is 0.394 e. The molecule has 0 aliphatic heterocycles. The van der Waals surface area contributed by atoms with Crippen LogP contribution in [-0.2, 0) is 16.0 Å². The smallest absolute Gasteiger partial charge is 0.267 e. The van der Waals surface area contributed by atoms with E-state index in [9.17, 15) is 4.79 Å². The Morgan fingerprint density at radius 2 is 2.26 bits per heavy atom. The Bertz CT molecular complexity index is 365. The van der Waals surface area contributed by atoms with Gasteiger partial charge in [0, 0.05) is 33.0 Å². The second-order valence-electron chi connectivity index (χ2n) is 4.03. The van der Waals surface area contributed by atoms with Crippen molar-refractivity contribution in [2.24, 2.45) is 0 Å². The average Bonchev–Trinajstić information content (AvgIpc) is 2.88. The van der Waals surface area contributed by atoms with Crippen LogP contribution >= 0.6 is 0 Å². The van der Waals surface area contributed by atoms with Crippen molar-refractivity contribution in [1.29, 1.82) is 0 Å². The molecule has 0 atom stereocenters. The maximum absolute atomic E-state index is 11.9. The number of nitrogens with one attached hydrogen (secondary N) is 1. The third-order valence-electron chi connectivity index (χ3n) is 2.59. The van der Waals surface area contributed by atoms with Crippen LogP contribution in [0.1, 0.15) is 16.9 Å². The quantitative estimate of drug-likeness (QED) is 0.598. The standard InChI is InChI=1S/C13H22N2O4/c1-18-10-7-15-6-2-4-12(15)13(17)14-5-3-9-19-11-8-16/h2,4,6,16H,3,5,7-11H2,1H3,(H,14,17). The Hall–Kier alpha value is -1.37. The first-order chi connectivity index (χ1) is 9.29. The van der Waals surface area contributed by atoms with Gasteiger partial charge in [-0.15, -0.1) is 0 Å². The Morgan fingerprint density at radius 3 is 3.00 bits per heavy atom. The number of rotatable bonds is 10. The highest BCUT2D eigenvalue weighted by atomic mass is 16.5. The molecule has 1 heterocycles. The van der Waals surface area contributed by atoms with Gasteiger partial charge in [0.1, 0.15) is 5.69 Å². The number of carbonyl (C=O) groups is 1. The molecule has 0 aliphatic carbocycles. The first-order valence-electron chi connectivity index (χ1n) is 6.40. The minimum Gasteiger partial charge on any atom is -0.394 e. The Morgan fingerprint density at radius 1 is 1.42 bits per heavy atom. The van der Waals surface area contributed by atoms with Crippen LogP contribution in [0.15, 0.2) is 18.3 Å². The van der Waals surface area contributed by atoms with Gasteiger partial charge in [-0.1, -0.05) is 0 Å². The summed E-state index contributed by atoms with van der Waals surface area (Å²) in [4.78, 5) is 11.9. The lowest BCUT2D eigenvalue weighted by Gasteiger charge is -2.09. The van der Waals surface area contributed by atoms with Gasteiger partial charge in [0.25, 0.3) is 5.91 Å². The molecule has 0 fully saturated rings. The van der Waals surface area contributed by atoms with Gasteiger partial charge in [0.2, 0.25) is 0 Å². The fourth-order valence-electron chi connectivity index (χ4n) is 1.64. The minimum atomic E-state index is -0.0942. The van der Waals surface area contributed by atoms with Crippen molar-refractivity contribution in [1.82, 2.24) is 9.88 Å². The van der Waals surface area contributed by atoms with Crippen LogP contribution in [0.2, 0.25) is 0 Å². The fourth-order valence-corrected chi connectivity index (χ4v) is 1.64. The number of amides is 1. The molecular formula is C13H22N2O4. The molecule has 0 radical (unpaired) electrons. The SMILES string of the molecule is COCCn1cccc1C(=O)NCCCOCCO. The lowest BCUT2D eigenvalue weighted by molar-refractivity contribution is 0.0863. The zero-order valence-electron chi connectivity index (χ0n) is 11.3. The molecule has 0 saturated heterocycles. The van der Waals surface area contributed by atoms with Crippen LogP contribution < -0.4 is 5.32 Å². The maximum atomic E-state index is 11.9. The minimum absolute atomic E-state index is 0.0272. The van der Waals surface area contributed by atoms with E-state index in [0.29, 0.717) is 38.6 Å². The number of hydrogen-bond acceptors (Lipinski definition) is 4. The van der Waals surface area contributed by atoms with E-state index in [2.05, 4.69) is 5.32 Å². The van der Waals surface area contributed by atoms with Crippen LogP contribution in [0.25, 0.3) is 0 Å². The summed E-state index contributed by atoms with van der Waals surface area (Å²) in [7, 11) is 1.63. The van der Waals surface area contributed by atoms with E-state index >= 15 is 0 Å². The third kappa shape index (κ3) is 5.87. The van der Waals surface area contributed by atoms with Gasteiger partial charge in [-0.3, -0.25) is 4.79 Å². The molecule has 1 aromatic rings. The molecule has 1 amide bonds. The summed E-state index contributed by atoms with van der Waals surface area (Å²) in [6, 6.07) is 3.63. The van der Waals surface area contributed by atoms with Gasteiger partial charge in [-0.2, -0.15) is 0 Å². The fraction of sp³-hybridized carbons (Fsp3) is 0.615. The molecule has 2 N–H and O–H groups in total. The molecule has 19 heavy (non-hydrogen) atoms. The van der Waals surface area contributed by atoms with E-state index in [-0.39, 0.29) is 12.5 Å². The summed E-state index contributed by atoms with van der Waals surface area (Å²) in [6.07, 6.45) is 2.59. The highest BCUT2D eigenvalue weighted by Crippen LogP contribution is 2.02. The van der Waals surface area contributed by atoms with Crippen molar-refractivity contribution >= 4 is 5.91 Å². The second-order valence-corrected chi connectivity index (χ2v) is 4.03. The summed E-state index contributed by atoms with van der Waals surface area (Å²) in [5, 5.41) is 11.4. The topological polar surface area (TPSA) is 72.7 Å². The van der Waals surface area contributed by atoms with Crippen LogP contribution in [0.5, 0.6) is 0 Å². The normalized spacial score (nSPS) is 10.6. The van der Waals surface area contributed by atoms with Gasteiger partial charge in [-0.25, -0.2) is 0 Å². The maximum Gasteiger partial charge on any atom is 0.267 e. The highest BCUT2D eigenvalue weighted by Gasteiger charge is 2.09. The lowest BCUT2D eigenvalue weighted by Crippen LogP contribution is -2.27. The molecule has 1 aromatic heterocycles. The first kappa shape index (κ1) is 15.7. The van der Waals surface area contributed by atoms with Gasteiger partial charge >= 0.3 is 0 Å². The molecule has 108 valence electrons. The monoisotopic (exact) mass is 270 g/mol. The number of ether oxygens (including phenoxy) is 2. The summed E-state index contributed by atoms with van der Waals surface area (Å²) in [5.41, 5.74) is 0.633. The highest BCUT2D eigenvalue weighted by molar-refractivity contribution is 5.92. The number of hydrogen-bond donors (Lipinski definition) is 2. The van der Waals surface area contributed by atoms with E-state index in [0.717, 1.165) is 6.42 Å².